The predicted octanol–water partition coefficient (Wildman–Crippen LogP) is 3.03. The van der Waals surface area contributed by atoms with Gasteiger partial charge in [0.05, 0.1) is 17.5 Å². The van der Waals surface area contributed by atoms with Gasteiger partial charge in [-0.15, -0.1) is 0 Å². The summed E-state index contributed by atoms with van der Waals surface area (Å²) in [7, 11) is 0. The highest BCUT2D eigenvalue weighted by Crippen LogP contribution is 2.32. The van der Waals surface area contributed by atoms with Gasteiger partial charge in [-0.1, -0.05) is 12.2 Å². The predicted molar refractivity (Wildman–Crippen MR) is 108 cm³/mol. The molecule has 6 heteroatoms. The smallest absolute Gasteiger partial charge is 0.226 e. The molecule has 5 rings (SSSR count). The average Bonchev–Trinajstić information content (AvgIpc) is 3.42. The second-order valence-electron chi connectivity index (χ2n) is 8.09. The molecule has 6 nitrogen and oxygen atoms in total. The van der Waals surface area contributed by atoms with Crippen LogP contribution in [0.3, 0.4) is 0 Å². The van der Waals surface area contributed by atoms with Crippen molar-refractivity contribution < 1.29 is 9.53 Å². The van der Waals surface area contributed by atoms with Crippen LogP contribution in [0.2, 0.25) is 0 Å². The van der Waals surface area contributed by atoms with Crippen LogP contribution in [-0.4, -0.2) is 53.6 Å². The number of amides is 1. The van der Waals surface area contributed by atoms with Gasteiger partial charge in [-0.05, 0) is 49.8 Å². The number of rotatable bonds is 5. The van der Waals surface area contributed by atoms with Gasteiger partial charge in [0.2, 0.25) is 11.8 Å². The first-order valence-corrected chi connectivity index (χ1v) is 10.3. The Morgan fingerprint density at radius 3 is 2.61 bits per heavy atom. The first-order valence-electron chi connectivity index (χ1n) is 10.3. The summed E-state index contributed by atoms with van der Waals surface area (Å²) >= 11 is 0. The summed E-state index contributed by atoms with van der Waals surface area (Å²) in [5, 5.41) is 0.969. The number of carbonyl (C=O) groups excluding carboxylic acids is 1. The SMILES string of the molecule is O=C(C1CC=CC1)N1CCN(c2ccc3ncnc(OCC4CC4)c3c2)CC1. The molecule has 1 aromatic heterocycles. The van der Waals surface area contributed by atoms with E-state index < -0.39 is 0 Å². The number of anilines is 1. The molecule has 1 saturated heterocycles. The third-order valence-corrected chi connectivity index (χ3v) is 6.05. The summed E-state index contributed by atoms with van der Waals surface area (Å²) in [5.74, 6) is 1.85. The number of piperazine rings is 1. The summed E-state index contributed by atoms with van der Waals surface area (Å²) < 4.78 is 5.96. The molecule has 0 N–H and O–H groups in total. The van der Waals surface area contributed by atoms with Crippen molar-refractivity contribution in [1.82, 2.24) is 14.9 Å². The minimum absolute atomic E-state index is 0.163. The van der Waals surface area contributed by atoms with Crippen LogP contribution in [0.15, 0.2) is 36.7 Å². The molecule has 2 heterocycles. The monoisotopic (exact) mass is 378 g/mol. The molecule has 28 heavy (non-hydrogen) atoms. The molecule has 1 saturated carbocycles. The Balaban J connectivity index is 1.28. The number of fused-ring (bicyclic) bond motifs is 1. The Morgan fingerprint density at radius 2 is 1.86 bits per heavy atom. The normalized spacial score (nSPS) is 20.1. The zero-order chi connectivity index (χ0) is 18.9. The van der Waals surface area contributed by atoms with Crippen molar-refractivity contribution >= 4 is 22.5 Å². The van der Waals surface area contributed by atoms with Gasteiger partial charge in [0.1, 0.15) is 6.33 Å². The fraction of sp³-hybridized carbons (Fsp3) is 0.500. The van der Waals surface area contributed by atoms with Crippen molar-refractivity contribution in [2.24, 2.45) is 11.8 Å². The fourth-order valence-electron chi connectivity index (χ4n) is 4.08. The van der Waals surface area contributed by atoms with Crippen molar-refractivity contribution in [2.45, 2.75) is 25.7 Å². The molecule has 2 aromatic rings. The van der Waals surface area contributed by atoms with Gasteiger partial charge in [-0.2, -0.15) is 0 Å². The molecule has 0 unspecified atom stereocenters. The van der Waals surface area contributed by atoms with Gasteiger partial charge in [0.15, 0.2) is 0 Å². The van der Waals surface area contributed by atoms with E-state index in [4.69, 9.17) is 4.74 Å². The topological polar surface area (TPSA) is 58.6 Å². The highest BCUT2D eigenvalue weighted by molar-refractivity contribution is 5.87. The van der Waals surface area contributed by atoms with E-state index in [9.17, 15) is 4.79 Å². The maximum Gasteiger partial charge on any atom is 0.226 e. The lowest BCUT2D eigenvalue weighted by Gasteiger charge is -2.37. The summed E-state index contributed by atoms with van der Waals surface area (Å²) in [5.41, 5.74) is 2.06. The molecule has 2 aliphatic carbocycles. The lowest BCUT2D eigenvalue weighted by molar-refractivity contribution is -0.135. The molecule has 1 aliphatic heterocycles. The Hall–Kier alpha value is -2.63. The van der Waals surface area contributed by atoms with Crippen molar-refractivity contribution in [3.8, 4) is 5.88 Å². The molecule has 1 amide bonds. The van der Waals surface area contributed by atoms with Crippen molar-refractivity contribution in [3.63, 3.8) is 0 Å². The second kappa shape index (κ2) is 7.41. The minimum Gasteiger partial charge on any atom is -0.477 e. The summed E-state index contributed by atoms with van der Waals surface area (Å²) in [6.45, 7) is 4.01. The standard InChI is InChI=1S/C22H26N4O2/c27-22(17-3-1-2-4-17)26-11-9-25(10-12-26)18-7-8-20-19(13-18)21(24-15-23-20)28-14-16-5-6-16/h1-2,7-8,13,15-17H,3-6,9-12,14H2. The van der Waals surface area contributed by atoms with Gasteiger partial charge >= 0.3 is 0 Å². The van der Waals surface area contributed by atoms with Gasteiger partial charge < -0.3 is 14.5 Å². The Kier molecular flexibility index (Phi) is 4.63. The number of ether oxygens (including phenoxy) is 1. The zero-order valence-electron chi connectivity index (χ0n) is 16.1. The molecule has 146 valence electrons. The number of aromatic nitrogens is 2. The van der Waals surface area contributed by atoms with Gasteiger partial charge in [0.25, 0.3) is 0 Å². The highest BCUT2D eigenvalue weighted by Gasteiger charge is 2.28. The van der Waals surface area contributed by atoms with Gasteiger partial charge in [-0.25, -0.2) is 9.97 Å². The van der Waals surface area contributed by atoms with E-state index >= 15 is 0 Å². The first kappa shape index (κ1) is 17.5. The second-order valence-corrected chi connectivity index (χ2v) is 8.09. The fourth-order valence-corrected chi connectivity index (χ4v) is 4.08. The molecule has 0 spiro atoms. The highest BCUT2D eigenvalue weighted by atomic mass is 16.5. The quantitative estimate of drug-likeness (QED) is 0.749. The first-order chi connectivity index (χ1) is 13.8. The molecule has 0 atom stereocenters. The van der Waals surface area contributed by atoms with E-state index in [1.807, 2.05) is 11.0 Å². The molecular weight excluding hydrogens is 352 g/mol. The van der Waals surface area contributed by atoms with Crippen molar-refractivity contribution in [3.05, 3.63) is 36.7 Å². The summed E-state index contributed by atoms with van der Waals surface area (Å²) in [6.07, 6.45) is 10.1. The summed E-state index contributed by atoms with van der Waals surface area (Å²) in [6, 6.07) is 6.28. The number of benzene rings is 1. The lowest BCUT2D eigenvalue weighted by atomic mass is 10.1. The number of hydrogen-bond acceptors (Lipinski definition) is 5. The third kappa shape index (κ3) is 3.55. The number of hydrogen-bond donors (Lipinski definition) is 0. The molecular formula is C22H26N4O2. The molecule has 0 radical (unpaired) electrons. The van der Waals surface area contributed by atoms with Crippen LogP contribution in [0.25, 0.3) is 10.9 Å². The van der Waals surface area contributed by atoms with Gasteiger partial charge in [-0.3, -0.25) is 4.79 Å². The number of carbonyl (C=O) groups is 1. The van der Waals surface area contributed by atoms with E-state index in [1.165, 1.54) is 12.8 Å². The van der Waals surface area contributed by atoms with Crippen LogP contribution >= 0.6 is 0 Å². The molecule has 1 aromatic carbocycles. The Bertz CT molecular complexity index is 893. The van der Waals surface area contributed by atoms with Crippen LogP contribution in [0.4, 0.5) is 5.69 Å². The lowest BCUT2D eigenvalue weighted by Crippen LogP contribution is -2.50. The van der Waals surface area contributed by atoms with E-state index in [-0.39, 0.29) is 5.92 Å². The third-order valence-electron chi connectivity index (χ3n) is 6.05. The number of allylic oxidation sites excluding steroid dienone is 2. The largest absolute Gasteiger partial charge is 0.477 e. The van der Waals surface area contributed by atoms with Crippen LogP contribution < -0.4 is 9.64 Å². The van der Waals surface area contributed by atoms with Crippen molar-refractivity contribution in [1.29, 1.82) is 0 Å². The maximum absolute atomic E-state index is 12.6. The van der Waals surface area contributed by atoms with Crippen LogP contribution in [-0.2, 0) is 4.79 Å². The van der Waals surface area contributed by atoms with E-state index in [0.717, 1.165) is 62.2 Å². The maximum atomic E-state index is 12.6. The summed E-state index contributed by atoms with van der Waals surface area (Å²) in [4.78, 5) is 25.7. The van der Waals surface area contributed by atoms with Crippen LogP contribution in [0.5, 0.6) is 5.88 Å². The zero-order valence-corrected chi connectivity index (χ0v) is 16.1. The van der Waals surface area contributed by atoms with Crippen LogP contribution in [0.1, 0.15) is 25.7 Å². The molecule has 2 fully saturated rings. The Labute approximate surface area is 165 Å². The minimum atomic E-state index is 0.163. The van der Waals surface area contributed by atoms with E-state index in [0.29, 0.717) is 17.7 Å². The van der Waals surface area contributed by atoms with Gasteiger partial charge in [0, 0.05) is 37.8 Å². The Morgan fingerprint density at radius 1 is 1.07 bits per heavy atom. The number of nitrogens with zero attached hydrogens (tertiary/aromatic N) is 4. The van der Waals surface area contributed by atoms with Crippen molar-refractivity contribution in [2.75, 3.05) is 37.7 Å². The van der Waals surface area contributed by atoms with E-state index in [2.05, 4.69) is 39.2 Å². The van der Waals surface area contributed by atoms with Crippen LogP contribution in [0, 0.1) is 11.8 Å². The average molecular weight is 378 g/mol. The molecule has 3 aliphatic rings. The van der Waals surface area contributed by atoms with E-state index in [1.54, 1.807) is 6.33 Å². The molecule has 0 bridgehead atoms.